The maximum absolute atomic E-state index is 12.8. The first-order valence-corrected chi connectivity index (χ1v) is 6.83. The van der Waals surface area contributed by atoms with Crippen molar-refractivity contribution in [1.29, 1.82) is 0 Å². The van der Waals surface area contributed by atoms with E-state index in [0.29, 0.717) is 12.8 Å². The van der Waals surface area contributed by atoms with E-state index >= 15 is 0 Å². The Hall–Kier alpha value is -1.71. The summed E-state index contributed by atoms with van der Waals surface area (Å²) in [5, 5.41) is 2.88. The fourth-order valence-electron chi connectivity index (χ4n) is 2.17. The van der Waals surface area contributed by atoms with Gasteiger partial charge in [0.2, 0.25) is 5.91 Å². The highest BCUT2D eigenvalue weighted by Crippen LogP contribution is 2.47. The average Bonchev–Trinajstić information content (AvgIpc) is 3.11. The van der Waals surface area contributed by atoms with Gasteiger partial charge in [0.1, 0.15) is 11.2 Å². The molecule has 0 spiro atoms. The maximum Gasteiger partial charge on any atom is 0.234 e. The van der Waals surface area contributed by atoms with E-state index in [9.17, 15) is 14.0 Å². The second-order valence-corrected chi connectivity index (χ2v) is 6.51. The molecule has 4 heteroatoms. The molecular formula is C16H20FNO2. The zero-order valence-corrected chi connectivity index (χ0v) is 12.1. The summed E-state index contributed by atoms with van der Waals surface area (Å²) in [4.78, 5) is 24.6. The van der Waals surface area contributed by atoms with Gasteiger partial charge in [-0.2, -0.15) is 0 Å². The van der Waals surface area contributed by atoms with Crippen LogP contribution in [-0.2, 0) is 16.0 Å². The topological polar surface area (TPSA) is 46.2 Å². The molecule has 0 heterocycles. The minimum Gasteiger partial charge on any atom is -0.351 e. The summed E-state index contributed by atoms with van der Waals surface area (Å²) in [5.41, 5.74) is -0.462. The van der Waals surface area contributed by atoms with Gasteiger partial charge in [0.05, 0.1) is 0 Å². The predicted octanol–water partition coefficient (Wildman–Crippen LogP) is 2.63. The average molecular weight is 277 g/mol. The number of Topliss-reactive ketones (excluding diaryl/α,β-unsaturated/α-hetero) is 1. The summed E-state index contributed by atoms with van der Waals surface area (Å²) in [5.74, 6) is -0.587. The third-order valence-corrected chi connectivity index (χ3v) is 3.48. The zero-order valence-electron chi connectivity index (χ0n) is 12.1. The number of ketones is 1. The van der Waals surface area contributed by atoms with E-state index in [-0.39, 0.29) is 29.5 Å². The molecule has 0 unspecified atom stereocenters. The third-order valence-electron chi connectivity index (χ3n) is 3.48. The van der Waals surface area contributed by atoms with Gasteiger partial charge >= 0.3 is 0 Å². The van der Waals surface area contributed by atoms with Gasteiger partial charge in [-0.25, -0.2) is 4.39 Å². The van der Waals surface area contributed by atoms with Crippen LogP contribution in [0.15, 0.2) is 24.3 Å². The number of hydrogen-bond acceptors (Lipinski definition) is 2. The molecule has 20 heavy (non-hydrogen) atoms. The quantitative estimate of drug-likeness (QED) is 0.860. The number of carbonyl (C=O) groups excluding carboxylic acids is 2. The van der Waals surface area contributed by atoms with Crippen LogP contribution in [-0.4, -0.2) is 17.2 Å². The van der Waals surface area contributed by atoms with Gasteiger partial charge in [-0.1, -0.05) is 12.1 Å². The largest absolute Gasteiger partial charge is 0.351 e. The first-order valence-electron chi connectivity index (χ1n) is 6.83. The molecule has 1 aromatic rings. The van der Waals surface area contributed by atoms with Crippen LogP contribution in [0.3, 0.4) is 0 Å². The van der Waals surface area contributed by atoms with Crippen molar-refractivity contribution in [3.05, 3.63) is 35.6 Å². The van der Waals surface area contributed by atoms with Crippen molar-refractivity contribution in [2.75, 3.05) is 0 Å². The maximum atomic E-state index is 12.8. The molecule has 3 nitrogen and oxygen atoms in total. The molecule has 1 amide bonds. The lowest BCUT2D eigenvalue weighted by atomic mass is 9.93. The Kier molecular flexibility index (Phi) is 3.67. The Morgan fingerprint density at radius 2 is 1.75 bits per heavy atom. The minimum absolute atomic E-state index is 0.0779. The molecule has 0 saturated heterocycles. The fourth-order valence-corrected chi connectivity index (χ4v) is 2.17. The van der Waals surface area contributed by atoms with Gasteiger partial charge in [0, 0.05) is 12.0 Å². The summed E-state index contributed by atoms with van der Waals surface area (Å²) in [6, 6.07) is 5.84. The number of amides is 1. The van der Waals surface area contributed by atoms with Gasteiger partial charge in [0.15, 0.2) is 5.78 Å². The lowest BCUT2D eigenvalue weighted by Crippen LogP contribution is -2.47. The van der Waals surface area contributed by atoms with Gasteiger partial charge in [-0.15, -0.1) is 0 Å². The van der Waals surface area contributed by atoms with Gasteiger partial charge in [-0.05, 0) is 51.3 Å². The van der Waals surface area contributed by atoms with Crippen LogP contribution in [0.2, 0.25) is 0 Å². The third kappa shape index (κ3) is 3.24. The van der Waals surface area contributed by atoms with Crippen molar-refractivity contribution < 1.29 is 14.0 Å². The SMILES string of the molecule is CC(C)(C)NC(=O)C1(C(=O)Cc2ccc(F)cc2)CC1. The Labute approximate surface area is 118 Å². The smallest absolute Gasteiger partial charge is 0.234 e. The molecule has 2 rings (SSSR count). The van der Waals surface area contributed by atoms with E-state index in [1.54, 1.807) is 12.1 Å². The van der Waals surface area contributed by atoms with Crippen LogP contribution in [0.1, 0.15) is 39.2 Å². The molecular weight excluding hydrogens is 257 g/mol. The van der Waals surface area contributed by atoms with E-state index in [2.05, 4.69) is 5.32 Å². The normalized spacial score (nSPS) is 16.6. The second kappa shape index (κ2) is 5.00. The van der Waals surface area contributed by atoms with Crippen LogP contribution >= 0.6 is 0 Å². The molecule has 1 aliphatic carbocycles. The van der Waals surface area contributed by atoms with Crippen LogP contribution in [0, 0.1) is 11.2 Å². The van der Waals surface area contributed by atoms with Gasteiger partial charge < -0.3 is 5.32 Å². The van der Waals surface area contributed by atoms with Gasteiger partial charge in [-0.3, -0.25) is 9.59 Å². The highest BCUT2D eigenvalue weighted by atomic mass is 19.1. The first-order chi connectivity index (χ1) is 9.23. The van der Waals surface area contributed by atoms with Crippen LogP contribution < -0.4 is 5.32 Å². The van der Waals surface area contributed by atoms with E-state index < -0.39 is 5.41 Å². The van der Waals surface area contributed by atoms with Gasteiger partial charge in [0.25, 0.3) is 0 Å². The number of carbonyl (C=O) groups is 2. The highest BCUT2D eigenvalue weighted by Gasteiger charge is 2.56. The summed E-state index contributed by atoms with van der Waals surface area (Å²) < 4.78 is 12.8. The zero-order chi connectivity index (χ0) is 15.0. The highest BCUT2D eigenvalue weighted by molar-refractivity contribution is 6.09. The Morgan fingerprint density at radius 1 is 1.20 bits per heavy atom. The lowest BCUT2D eigenvalue weighted by Gasteiger charge is -2.24. The molecule has 1 aliphatic rings. The number of rotatable bonds is 4. The summed E-state index contributed by atoms with van der Waals surface area (Å²) >= 11 is 0. The molecule has 0 aromatic heterocycles. The van der Waals surface area contributed by atoms with Crippen molar-refractivity contribution >= 4 is 11.7 Å². The number of benzene rings is 1. The van der Waals surface area contributed by atoms with Crippen LogP contribution in [0.25, 0.3) is 0 Å². The minimum atomic E-state index is -0.859. The predicted molar refractivity (Wildman–Crippen MR) is 74.7 cm³/mol. The Balaban J connectivity index is 2.05. The first kappa shape index (κ1) is 14.7. The molecule has 1 fully saturated rings. The van der Waals surface area contributed by atoms with E-state index in [0.717, 1.165) is 5.56 Å². The summed E-state index contributed by atoms with van der Waals surface area (Å²) in [6.45, 7) is 5.68. The van der Waals surface area contributed by atoms with Crippen molar-refractivity contribution in [3.8, 4) is 0 Å². The number of halogens is 1. The van der Waals surface area contributed by atoms with E-state index in [4.69, 9.17) is 0 Å². The van der Waals surface area contributed by atoms with E-state index in [1.807, 2.05) is 20.8 Å². The Bertz CT molecular complexity index is 524. The molecule has 1 aromatic carbocycles. The molecule has 1 saturated carbocycles. The fraction of sp³-hybridized carbons (Fsp3) is 0.500. The van der Waals surface area contributed by atoms with Crippen molar-refractivity contribution in [2.45, 2.75) is 45.6 Å². The van der Waals surface area contributed by atoms with Crippen molar-refractivity contribution in [1.82, 2.24) is 5.32 Å². The van der Waals surface area contributed by atoms with Crippen molar-refractivity contribution in [2.24, 2.45) is 5.41 Å². The standard InChI is InChI=1S/C16H20FNO2/c1-15(2,3)18-14(20)16(8-9-16)13(19)10-11-4-6-12(17)7-5-11/h4-7H,8-10H2,1-3H3,(H,18,20). The van der Waals surface area contributed by atoms with Crippen molar-refractivity contribution in [3.63, 3.8) is 0 Å². The van der Waals surface area contributed by atoms with Crippen LogP contribution in [0.4, 0.5) is 4.39 Å². The van der Waals surface area contributed by atoms with Crippen LogP contribution in [0.5, 0.6) is 0 Å². The summed E-state index contributed by atoms with van der Waals surface area (Å²) in [7, 11) is 0. The second-order valence-electron chi connectivity index (χ2n) is 6.51. The molecule has 0 aliphatic heterocycles. The molecule has 108 valence electrons. The summed E-state index contributed by atoms with van der Waals surface area (Å²) in [6.07, 6.45) is 1.39. The molecule has 0 atom stereocenters. The lowest BCUT2D eigenvalue weighted by molar-refractivity contribution is -0.136. The molecule has 0 bridgehead atoms. The molecule has 0 radical (unpaired) electrons. The number of nitrogens with one attached hydrogen (secondary N) is 1. The Morgan fingerprint density at radius 3 is 2.20 bits per heavy atom. The molecule has 1 N–H and O–H groups in total. The monoisotopic (exact) mass is 277 g/mol. The number of hydrogen-bond donors (Lipinski definition) is 1. The van der Waals surface area contributed by atoms with E-state index in [1.165, 1.54) is 12.1 Å².